The molecule has 1 atom stereocenters. The van der Waals surface area contributed by atoms with Crippen molar-refractivity contribution < 1.29 is 22.4 Å². The summed E-state index contributed by atoms with van der Waals surface area (Å²) in [7, 11) is 0. The minimum absolute atomic E-state index is 0.0507. The molecule has 6 rings (SSSR count). The van der Waals surface area contributed by atoms with E-state index in [1.54, 1.807) is 41.0 Å². The molecule has 0 saturated carbocycles. The number of aromatic nitrogens is 4. The number of amides is 1. The number of halogens is 4. The van der Waals surface area contributed by atoms with Crippen LogP contribution < -0.4 is 10.2 Å². The number of benzene rings is 2. The predicted molar refractivity (Wildman–Crippen MR) is 158 cm³/mol. The number of nitrogens with one attached hydrogen (secondary N) is 1. The van der Waals surface area contributed by atoms with Gasteiger partial charge in [-0.15, -0.1) is 5.10 Å². The first-order chi connectivity index (χ1) is 20.7. The first-order valence-electron chi connectivity index (χ1n) is 13.9. The molecular weight excluding hydrogens is 560 g/mol. The molecule has 11 heteroatoms. The number of imidazole rings is 1. The Balaban J connectivity index is 0.000000409. The number of fused-ring (bicyclic) bond motifs is 1. The lowest BCUT2D eigenvalue weighted by molar-refractivity contribution is -0.137. The molecule has 0 unspecified atom stereocenters. The maximum absolute atomic E-state index is 12.7. The van der Waals surface area contributed by atoms with Gasteiger partial charge in [0.1, 0.15) is 17.3 Å². The molecule has 1 fully saturated rings. The van der Waals surface area contributed by atoms with Crippen LogP contribution in [-0.2, 0) is 6.18 Å². The Morgan fingerprint density at radius 2 is 1.58 bits per heavy atom. The third-order valence-electron chi connectivity index (χ3n) is 6.64. The fraction of sp³-hybridized carbons (Fsp3) is 0.250. The van der Waals surface area contributed by atoms with Gasteiger partial charge in [0.05, 0.1) is 17.5 Å². The van der Waals surface area contributed by atoms with Crippen LogP contribution in [0.15, 0.2) is 91.3 Å². The van der Waals surface area contributed by atoms with E-state index in [2.05, 4.69) is 25.3 Å². The average Bonchev–Trinajstić information content (AvgIpc) is 3.65. The SMILES string of the molecule is CC.Cc1cnc2ccc(N3CC[C@H](NC(=O)c4ccc(-c5ccc(C(F)(F)F)cc5)cn4)C3)nn12.Fc1ccccc1. The van der Waals surface area contributed by atoms with Crippen molar-refractivity contribution in [3.8, 4) is 11.1 Å². The fourth-order valence-electron chi connectivity index (χ4n) is 4.46. The van der Waals surface area contributed by atoms with E-state index in [0.29, 0.717) is 17.7 Å². The number of pyridine rings is 1. The lowest BCUT2D eigenvalue weighted by Crippen LogP contribution is -2.37. The number of anilines is 1. The maximum Gasteiger partial charge on any atom is 0.416 e. The Hall–Kier alpha value is -4.80. The molecule has 5 aromatic rings. The van der Waals surface area contributed by atoms with E-state index in [0.717, 1.165) is 42.3 Å². The summed E-state index contributed by atoms with van der Waals surface area (Å²) in [5, 5.41) is 7.65. The molecular formula is C32H32F4N6O. The summed E-state index contributed by atoms with van der Waals surface area (Å²) in [4.78, 5) is 23.3. The summed E-state index contributed by atoms with van der Waals surface area (Å²) in [5.74, 6) is 0.353. The first-order valence-corrected chi connectivity index (χ1v) is 13.9. The van der Waals surface area contributed by atoms with Gasteiger partial charge in [-0.2, -0.15) is 13.2 Å². The standard InChI is InChI=1S/C24H21F3N6O.C6H5F.C2H6/c1-15-12-29-21-8-9-22(31-33(15)21)32-11-10-19(14-32)30-23(34)20-7-4-17(13-28-20)16-2-5-18(6-3-16)24(25,26)27;7-6-4-2-1-3-5-6;1-2/h2-9,12-13,19H,10-11,14H2,1H3,(H,30,34);1-5H;1-2H3/t19-;;/m0../s1. The molecule has 7 nitrogen and oxygen atoms in total. The number of alkyl halides is 3. The Morgan fingerprint density at radius 1 is 0.884 bits per heavy atom. The van der Waals surface area contributed by atoms with Crippen molar-refractivity contribution in [1.29, 1.82) is 0 Å². The lowest BCUT2D eigenvalue weighted by Gasteiger charge is -2.18. The predicted octanol–water partition coefficient (Wildman–Crippen LogP) is 6.98. The normalized spacial score (nSPS) is 14.4. The molecule has 3 aromatic heterocycles. The summed E-state index contributed by atoms with van der Waals surface area (Å²) < 4.78 is 51.9. The van der Waals surface area contributed by atoms with Crippen LogP contribution in [-0.4, -0.2) is 44.6 Å². The van der Waals surface area contributed by atoms with Gasteiger partial charge >= 0.3 is 6.18 Å². The van der Waals surface area contributed by atoms with E-state index >= 15 is 0 Å². The van der Waals surface area contributed by atoms with Crippen molar-refractivity contribution >= 4 is 17.4 Å². The molecule has 4 heterocycles. The number of aryl methyl sites for hydroxylation is 1. The topological polar surface area (TPSA) is 75.4 Å². The third-order valence-corrected chi connectivity index (χ3v) is 6.64. The zero-order valence-electron chi connectivity index (χ0n) is 24.0. The molecule has 1 amide bonds. The number of carbonyl (C=O) groups is 1. The van der Waals surface area contributed by atoms with Crippen molar-refractivity contribution in [3.63, 3.8) is 0 Å². The molecule has 1 saturated heterocycles. The number of hydrogen-bond acceptors (Lipinski definition) is 5. The lowest BCUT2D eigenvalue weighted by atomic mass is 10.1. The molecule has 1 aliphatic heterocycles. The van der Waals surface area contributed by atoms with Crippen LogP contribution in [0.25, 0.3) is 16.8 Å². The largest absolute Gasteiger partial charge is 0.416 e. The van der Waals surface area contributed by atoms with Gasteiger partial charge in [-0.05, 0) is 61.4 Å². The van der Waals surface area contributed by atoms with Gasteiger partial charge < -0.3 is 10.2 Å². The van der Waals surface area contributed by atoms with Gasteiger partial charge in [-0.25, -0.2) is 13.9 Å². The molecule has 1 N–H and O–H groups in total. The highest BCUT2D eigenvalue weighted by atomic mass is 19.4. The van der Waals surface area contributed by atoms with Crippen LogP contribution in [0.1, 0.15) is 42.0 Å². The Morgan fingerprint density at radius 3 is 2.19 bits per heavy atom. The second-order valence-electron chi connectivity index (χ2n) is 9.57. The fourth-order valence-corrected chi connectivity index (χ4v) is 4.46. The molecule has 1 aliphatic rings. The van der Waals surface area contributed by atoms with Crippen molar-refractivity contribution in [2.24, 2.45) is 0 Å². The number of carbonyl (C=O) groups excluding carboxylic acids is 1. The minimum Gasteiger partial charge on any atom is -0.353 e. The third kappa shape index (κ3) is 7.94. The van der Waals surface area contributed by atoms with E-state index in [-0.39, 0.29) is 23.5 Å². The van der Waals surface area contributed by atoms with Crippen molar-refractivity contribution in [2.45, 2.75) is 39.4 Å². The summed E-state index contributed by atoms with van der Waals surface area (Å²) in [6, 6.07) is 19.8. The van der Waals surface area contributed by atoms with Crippen LogP contribution in [0.4, 0.5) is 23.4 Å². The highest BCUT2D eigenvalue weighted by molar-refractivity contribution is 5.92. The van der Waals surface area contributed by atoms with Crippen LogP contribution in [0.2, 0.25) is 0 Å². The maximum atomic E-state index is 12.7. The van der Waals surface area contributed by atoms with Crippen LogP contribution >= 0.6 is 0 Å². The van der Waals surface area contributed by atoms with E-state index in [1.165, 1.54) is 30.5 Å². The van der Waals surface area contributed by atoms with Crippen molar-refractivity contribution in [2.75, 3.05) is 18.0 Å². The number of hydrogen-bond donors (Lipinski definition) is 1. The monoisotopic (exact) mass is 592 g/mol. The van der Waals surface area contributed by atoms with Gasteiger partial charge in [-0.1, -0.05) is 50.2 Å². The molecule has 2 aromatic carbocycles. The first kappa shape index (κ1) is 31.1. The van der Waals surface area contributed by atoms with Gasteiger partial charge in [0.2, 0.25) is 0 Å². The molecule has 43 heavy (non-hydrogen) atoms. The number of rotatable bonds is 4. The summed E-state index contributed by atoms with van der Waals surface area (Å²) in [5.41, 5.74) is 2.51. The Bertz CT molecular complexity index is 1620. The summed E-state index contributed by atoms with van der Waals surface area (Å²) >= 11 is 0. The average molecular weight is 593 g/mol. The summed E-state index contributed by atoms with van der Waals surface area (Å²) in [6.45, 7) is 7.33. The van der Waals surface area contributed by atoms with E-state index in [1.807, 2.05) is 32.9 Å². The second kappa shape index (κ2) is 13.9. The van der Waals surface area contributed by atoms with Gasteiger partial charge in [-0.3, -0.25) is 9.78 Å². The Kier molecular flexibility index (Phi) is 10.1. The molecule has 0 radical (unpaired) electrons. The van der Waals surface area contributed by atoms with Crippen molar-refractivity contribution in [1.82, 2.24) is 24.9 Å². The van der Waals surface area contributed by atoms with Gasteiger partial charge in [0.15, 0.2) is 5.65 Å². The Labute approximate surface area is 247 Å². The molecule has 0 spiro atoms. The second-order valence-corrected chi connectivity index (χ2v) is 9.57. The summed E-state index contributed by atoms with van der Waals surface area (Å²) in [6.07, 6.45) is -0.339. The quantitative estimate of drug-likeness (QED) is 0.228. The zero-order chi connectivity index (χ0) is 31.0. The van der Waals surface area contributed by atoms with Crippen LogP contribution in [0.5, 0.6) is 0 Å². The number of nitrogens with zero attached hydrogens (tertiary/aromatic N) is 5. The zero-order valence-corrected chi connectivity index (χ0v) is 24.0. The molecule has 0 aliphatic carbocycles. The van der Waals surface area contributed by atoms with Crippen LogP contribution in [0, 0.1) is 12.7 Å². The van der Waals surface area contributed by atoms with E-state index in [4.69, 9.17) is 0 Å². The highest BCUT2D eigenvalue weighted by Gasteiger charge is 2.30. The van der Waals surface area contributed by atoms with E-state index in [9.17, 15) is 22.4 Å². The minimum atomic E-state index is -4.38. The smallest absolute Gasteiger partial charge is 0.353 e. The molecule has 0 bridgehead atoms. The van der Waals surface area contributed by atoms with Gasteiger partial charge in [0, 0.05) is 30.9 Å². The van der Waals surface area contributed by atoms with E-state index < -0.39 is 11.7 Å². The van der Waals surface area contributed by atoms with Crippen LogP contribution in [0.3, 0.4) is 0 Å². The van der Waals surface area contributed by atoms with Crippen molar-refractivity contribution in [3.05, 3.63) is 114 Å². The van der Waals surface area contributed by atoms with Gasteiger partial charge in [0.25, 0.3) is 5.91 Å². The highest BCUT2D eigenvalue weighted by Crippen LogP contribution is 2.31. The molecule has 224 valence electrons.